The molecule has 0 aliphatic rings. The summed E-state index contributed by atoms with van der Waals surface area (Å²) in [6.07, 6.45) is 1.03. The second-order valence-electron chi connectivity index (χ2n) is 5.28. The van der Waals surface area contributed by atoms with Crippen LogP contribution in [0.2, 0.25) is 0 Å². The van der Waals surface area contributed by atoms with Gasteiger partial charge in [0.25, 0.3) is 0 Å². The first-order valence-corrected chi connectivity index (χ1v) is 7.10. The highest BCUT2D eigenvalue weighted by molar-refractivity contribution is 5.47. The molecular formula is C14H26N4O2. The summed E-state index contributed by atoms with van der Waals surface area (Å²) in [4.78, 5) is 8.79. The van der Waals surface area contributed by atoms with E-state index in [-0.39, 0.29) is 0 Å². The summed E-state index contributed by atoms with van der Waals surface area (Å²) in [7, 11) is 0. The molecule has 0 bridgehead atoms. The van der Waals surface area contributed by atoms with Crippen molar-refractivity contribution in [1.29, 1.82) is 0 Å². The van der Waals surface area contributed by atoms with Crippen molar-refractivity contribution in [1.82, 2.24) is 9.97 Å². The van der Waals surface area contributed by atoms with E-state index >= 15 is 0 Å². The molecule has 6 heteroatoms. The molecular weight excluding hydrogens is 256 g/mol. The highest BCUT2D eigenvalue weighted by atomic mass is 16.5. The minimum atomic E-state index is -0.790. The Morgan fingerprint density at radius 1 is 1.20 bits per heavy atom. The summed E-state index contributed by atoms with van der Waals surface area (Å²) in [5, 5.41) is 16.1. The van der Waals surface area contributed by atoms with Gasteiger partial charge in [-0.15, -0.1) is 0 Å². The molecule has 1 rings (SSSR count). The molecule has 20 heavy (non-hydrogen) atoms. The van der Waals surface area contributed by atoms with Gasteiger partial charge >= 0.3 is 0 Å². The predicted molar refractivity (Wildman–Crippen MR) is 80.9 cm³/mol. The summed E-state index contributed by atoms with van der Waals surface area (Å²) in [5.41, 5.74) is -0.790. The van der Waals surface area contributed by atoms with Gasteiger partial charge < -0.3 is 20.5 Å². The van der Waals surface area contributed by atoms with E-state index in [0.717, 1.165) is 18.8 Å². The van der Waals surface area contributed by atoms with Crippen molar-refractivity contribution in [2.75, 3.05) is 30.3 Å². The number of ether oxygens (including phenoxy) is 1. The minimum Gasteiger partial charge on any atom is -0.389 e. The molecule has 0 amide bonds. The molecule has 0 atom stereocenters. The number of aromatic nitrogens is 2. The molecule has 3 N–H and O–H groups in total. The zero-order valence-corrected chi connectivity index (χ0v) is 12.9. The lowest BCUT2D eigenvalue weighted by molar-refractivity contribution is 0.0944. The quantitative estimate of drug-likeness (QED) is 0.643. The summed E-state index contributed by atoms with van der Waals surface area (Å²) < 4.78 is 5.35. The first kappa shape index (κ1) is 16.7. The maximum Gasteiger partial charge on any atom is 0.158 e. The van der Waals surface area contributed by atoms with Crippen LogP contribution in [0.5, 0.6) is 0 Å². The normalized spacial score (nSPS) is 11.4. The van der Waals surface area contributed by atoms with Gasteiger partial charge in [0.05, 0.1) is 5.60 Å². The summed E-state index contributed by atoms with van der Waals surface area (Å²) in [6.45, 7) is 9.82. The number of aliphatic hydroxyl groups is 1. The lowest BCUT2D eigenvalue weighted by Gasteiger charge is -2.18. The van der Waals surface area contributed by atoms with Crippen molar-refractivity contribution in [3.05, 3.63) is 11.9 Å². The Morgan fingerprint density at radius 3 is 2.40 bits per heavy atom. The van der Waals surface area contributed by atoms with Crippen LogP contribution >= 0.6 is 0 Å². The van der Waals surface area contributed by atoms with Gasteiger partial charge in [-0.25, -0.2) is 9.97 Å². The second-order valence-corrected chi connectivity index (χ2v) is 5.28. The molecule has 1 heterocycles. The monoisotopic (exact) mass is 282 g/mol. The van der Waals surface area contributed by atoms with Gasteiger partial charge in [0.1, 0.15) is 18.2 Å². The fourth-order valence-electron chi connectivity index (χ4n) is 1.50. The van der Waals surface area contributed by atoms with Crippen LogP contribution in [0.25, 0.3) is 0 Å². The Bertz CT molecular complexity index is 378. The largest absolute Gasteiger partial charge is 0.389 e. The van der Waals surface area contributed by atoms with Gasteiger partial charge in [-0.1, -0.05) is 6.92 Å². The number of anilines is 2. The minimum absolute atomic E-state index is 0.384. The number of nitrogens with one attached hydrogen (secondary N) is 2. The van der Waals surface area contributed by atoms with Crippen LogP contribution in [-0.2, 0) is 11.3 Å². The van der Waals surface area contributed by atoms with Crippen LogP contribution in [0.15, 0.2) is 6.07 Å². The predicted octanol–water partition coefficient (Wildman–Crippen LogP) is 2.02. The van der Waals surface area contributed by atoms with E-state index in [1.54, 1.807) is 13.8 Å². The molecule has 1 aromatic rings. The Labute approximate surface area is 121 Å². The molecule has 0 radical (unpaired) electrons. The first-order valence-electron chi connectivity index (χ1n) is 7.10. The summed E-state index contributed by atoms with van der Waals surface area (Å²) in [6, 6.07) is 1.84. The molecule has 114 valence electrons. The molecule has 0 aliphatic heterocycles. The van der Waals surface area contributed by atoms with Gasteiger partial charge in [-0.05, 0) is 27.2 Å². The summed E-state index contributed by atoms with van der Waals surface area (Å²) in [5.74, 6) is 2.09. The zero-order chi connectivity index (χ0) is 15.0. The lowest BCUT2D eigenvalue weighted by Crippen LogP contribution is -2.29. The van der Waals surface area contributed by atoms with E-state index < -0.39 is 5.60 Å². The highest BCUT2D eigenvalue weighted by Gasteiger charge is 2.13. The molecule has 6 nitrogen and oxygen atoms in total. The molecule has 0 aromatic carbocycles. The fourth-order valence-corrected chi connectivity index (χ4v) is 1.50. The molecule has 0 unspecified atom stereocenters. The van der Waals surface area contributed by atoms with Crippen LogP contribution in [0, 0.1) is 0 Å². The van der Waals surface area contributed by atoms with Crippen LogP contribution < -0.4 is 10.6 Å². The Kier molecular flexibility index (Phi) is 6.67. The average Bonchev–Trinajstić information content (AvgIpc) is 2.40. The van der Waals surface area contributed by atoms with Gasteiger partial charge in [0.15, 0.2) is 5.82 Å². The molecule has 0 fully saturated rings. The van der Waals surface area contributed by atoms with Gasteiger partial charge in [0.2, 0.25) is 0 Å². The number of hydrogen-bond acceptors (Lipinski definition) is 6. The van der Waals surface area contributed by atoms with Crippen molar-refractivity contribution in [3.63, 3.8) is 0 Å². The number of rotatable bonds is 9. The Morgan fingerprint density at radius 2 is 1.85 bits per heavy atom. The Hall–Kier alpha value is -1.40. The number of nitrogens with zero attached hydrogens (tertiary/aromatic N) is 2. The van der Waals surface area contributed by atoms with Crippen LogP contribution in [0.4, 0.5) is 11.6 Å². The SMILES string of the molecule is CCCNc1cc(NCC(C)(C)O)nc(COCC)n1. The van der Waals surface area contributed by atoms with Crippen molar-refractivity contribution in [3.8, 4) is 0 Å². The van der Waals surface area contributed by atoms with Crippen molar-refractivity contribution >= 4 is 11.6 Å². The van der Waals surface area contributed by atoms with Crippen LogP contribution in [0.3, 0.4) is 0 Å². The molecule has 1 aromatic heterocycles. The van der Waals surface area contributed by atoms with Crippen LogP contribution in [-0.4, -0.2) is 40.4 Å². The van der Waals surface area contributed by atoms with Crippen LogP contribution in [0.1, 0.15) is 39.9 Å². The maximum absolute atomic E-state index is 9.75. The topological polar surface area (TPSA) is 79.3 Å². The summed E-state index contributed by atoms with van der Waals surface area (Å²) >= 11 is 0. The molecule has 0 aliphatic carbocycles. The lowest BCUT2D eigenvalue weighted by atomic mass is 10.1. The third-order valence-electron chi connectivity index (χ3n) is 2.47. The molecule has 0 saturated carbocycles. The van der Waals surface area contributed by atoms with Gasteiger partial charge in [0, 0.05) is 25.8 Å². The van der Waals surface area contributed by atoms with E-state index in [9.17, 15) is 5.11 Å². The maximum atomic E-state index is 9.75. The van der Waals surface area contributed by atoms with E-state index in [1.807, 2.05) is 13.0 Å². The van der Waals surface area contributed by atoms with E-state index in [0.29, 0.717) is 31.4 Å². The van der Waals surface area contributed by atoms with Crippen molar-refractivity contribution < 1.29 is 9.84 Å². The fraction of sp³-hybridized carbons (Fsp3) is 0.714. The van der Waals surface area contributed by atoms with Gasteiger partial charge in [-0.3, -0.25) is 0 Å². The zero-order valence-electron chi connectivity index (χ0n) is 12.9. The highest BCUT2D eigenvalue weighted by Crippen LogP contribution is 2.13. The second kappa shape index (κ2) is 8.01. The van der Waals surface area contributed by atoms with E-state index in [2.05, 4.69) is 27.5 Å². The van der Waals surface area contributed by atoms with E-state index in [4.69, 9.17) is 4.74 Å². The van der Waals surface area contributed by atoms with E-state index in [1.165, 1.54) is 0 Å². The van der Waals surface area contributed by atoms with Crippen molar-refractivity contribution in [2.24, 2.45) is 0 Å². The standard InChI is InChI=1S/C14H26N4O2/c1-5-7-15-11-8-12(16-10-14(3,4)19)18-13(17-11)9-20-6-2/h8,19H,5-7,9-10H2,1-4H3,(H2,15,16,17,18). The average molecular weight is 282 g/mol. The number of hydrogen-bond donors (Lipinski definition) is 3. The van der Waals surface area contributed by atoms with Crippen molar-refractivity contribution in [2.45, 2.75) is 46.3 Å². The molecule has 0 saturated heterocycles. The molecule has 0 spiro atoms. The third kappa shape index (κ3) is 6.68. The first-order chi connectivity index (χ1) is 9.44. The third-order valence-corrected chi connectivity index (χ3v) is 2.47. The smallest absolute Gasteiger partial charge is 0.158 e. The van der Waals surface area contributed by atoms with Gasteiger partial charge in [-0.2, -0.15) is 0 Å². The Balaban J connectivity index is 2.79.